The smallest absolute Gasteiger partial charge is 0.245 e. The summed E-state index contributed by atoms with van der Waals surface area (Å²) in [6, 6.07) is 2.59. The van der Waals surface area contributed by atoms with Gasteiger partial charge in [0.15, 0.2) is 10.8 Å². The lowest BCUT2D eigenvalue weighted by atomic mass is 10.2. The molecule has 0 bridgehead atoms. The van der Waals surface area contributed by atoms with Crippen molar-refractivity contribution in [1.29, 1.82) is 0 Å². The lowest BCUT2D eigenvalue weighted by molar-refractivity contribution is -0.0386. The van der Waals surface area contributed by atoms with Crippen molar-refractivity contribution >= 4 is 22.6 Å². The van der Waals surface area contributed by atoms with Gasteiger partial charge in [-0.15, -0.1) is 0 Å². The molecule has 0 amide bonds. The first-order chi connectivity index (χ1) is 8.00. The van der Waals surface area contributed by atoms with Gasteiger partial charge in [0.25, 0.3) is 0 Å². The average Bonchev–Trinajstić information content (AvgIpc) is 2.12. The van der Waals surface area contributed by atoms with E-state index >= 15 is 0 Å². The molecule has 0 radical (unpaired) electrons. The van der Waals surface area contributed by atoms with Gasteiger partial charge >= 0.3 is 11.0 Å². The third-order valence-electron chi connectivity index (χ3n) is 1.79. The molecular weight excluding hydrogens is 302 g/mol. The van der Waals surface area contributed by atoms with E-state index in [1.54, 1.807) is 0 Å². The van der Waals surface area contributed by atoms with Gasteiger partial charge in [0, 0.05) is 4.90 Å². The number of hydrogen-bond acceptors (Lipinski definition) is 2. The number of hydrogen-bond donors (Lipinski definition) is 0. The summed E-state index contributed by atoms with van der Waals surface area (Å²) in [4.78, 5) is -0.781. The molecule has 1 unspecified atom stereocenters. The third-order valence-corrected chi connectivity index (χ3v) is 3.79. The van der Waals surface area contributed by atoms with E-state index in [1.807, 2.05) is 0 Å². The van der Waals surface area contributed by atoms with Gasteiger partial charge in [-0.2, -0.15) is 26.3 Å². The van der Waals surface area contributed by atoms with Gasteiger partial charge < -0.3 is 0 Å². The van der Waals surface area contributed by atoms with E-state index in [2.05, 4.69) is 0 Å². The van der Waals surface area contributed by atoms with Crippen molar-refractivity contribution in [2.75, 3.05) is 0 Å². The van der Waals surface area contributed by atoms with Gasteiger partial charge in [0.05, 0.1) is 4.90 Å². The largest absolute Gasteiger partial charge is 0.475 e. The molecule has 0 aliphatic heterocycles. The van der Waals surface area contributed by atoms with Crippen LogP contribution in [-0.4, -0.2) is 15.2 Å². The highest BCUT2D eigenvalue weighted by Crippen LogP contribution is 2.38. The normalized spacial score (nSPS) is 14.6. The summed E-state index contributed by atoms with van der Waals surface area (Å²) in [5.74, 6) is 0. The Balaban J connectivity index is 3.04. The molecule has 1 aromatic rings. The molecule has 0 saturated carbocycles. The summed E-state index contributed by atoms with van der Waals surface area (Å²) in [5, 5.41) is 0. The van der Waals surface area contributed by atoms with Crippen LogP contribution in [0.3, 0.4) is 0 Å². The van der Waals surface area contributed by atoms with Crippen molar-refractivity contribution in [3.8, 4) is 0 Å². The first-order valence-corrected chi connectivity index (χ1v) is 6.32. The standard InChI is InChI=1S/C9H6F6OS2/c1-5-4-6(17-8(10,11)12)2-3-7(5)18(16)9(13,14)15/h2-4H,1H3. The number of thioether (sulfide) groups is 1. The first-order valence-electron chi connectivity index (χ1n) is 4.36. The molecule has 1 aromatic carbocycles. The van der Waals surface area contributed by atoms with Crippen molar-refractivity contribution in [3.63, 3.8) is 0 Å². The lowest BCUT2D eigenvalue weighted by Gasteiger charge is -2.11. The third kappa shape index (κ3) is 4.20. The van der Waals surface area contributed by atoms with Crippen molar-refractivity contribution < 1.29 is 30.6 Å². The second-order valence-corrected chi connectivity index (χ2v) is 5.77. The summed E-state index contributed by atoms with van der Waals surface area (Å²) in [5.41, 5.74) is -9.54. The molecule has 18 heavy (non-hydrogen) atoms. The second kappa shape index (κ2) is 5.12. The number of aryl methyl sites for hydroxylation is 1. The minimum Gasteiger partial charge on any atom is -0.245 e. The molecule has 0 saturated heterocycles. The maximum absolute atomic E-state index is 12.2. The van der Waals surface area contributed by atoms with Crippen LogP contribution < -0.4 is 0 Å². The van der Waals surface area contributed by atoms with E-state index in [1.165, 1.54) is 6.92 Å². The van der Waals surface area contributed by atoms with Crippen LogP contribution in [0, 0.1) is 6.92 Å². The van der Waals surface area contributed by atoms with Crippen LogP contribution in [0.1, 0.15) is 5.56 Å². The van der Waals surface area contributed by atoms with Crippen molar-refractivity contribution in [1.82, 2.24) is 0 Å². The Hall–Kier alpha value is -0.700. The van der Waals surface area contributed by atoms with Crippen LogP contribution in [-0.2, 0) is 10.8 Å². The van der Waals surface area contributed by atoms with Crippen LogP contribution in [0.25, 0.3) is 0 Å². The van der Waals surface area contributed by atoms with Gasteiger partial charge in [-0.05, 0) is 42.4 Å². The monoisotopic (exact) mass is 308 g/mol. The van der Waals surface area contributed by atoms with E-state index in [9.17, 15) is 30.6 Å². The quantitative estimate of drug-likeness (QED) is 0.600. The van der Waals surface area contributed by atoms with Crippen LogP contribution in [0.4, 0.5) is 26.3 Å². The minimum absolute atomic E-state index is 0.0973. The van der Waals surface area contributed by atoms with Crippen molar-refractivity contribution in [2.24, 2.45) is 0 Å². The SMILES string of the molecule is Cc1cc(SC(F)(F)F)ccc1S(=O)C(F)(F)F. The molecule has 9 heteroatoms. The highest BCUT2D eigenvalue weighted by atomic mass is 32.2. The predicted molar refractivity (Wildman–Crippen MR) is 55.6 cm³/mol. The van der Waals surface area contributed by atoms with Gasteiger partial charge in [-0.1, -0.05) is 0 Å². The second-order valence-electron chi connectivity index (χ2n) is 3.19. The van der Waals surface area contributed by atoms with Crippen molar-refractivity contribution in [3.05, 3.63) is 23.8 Å². The molecule has 0 N–H and O–H groups in total. The molecule has 0 aromatic heterocycles. The zero-order valence-electron chi connectivity index (χ0n) is 8.72. The highest BCUT2D eigenvalue weighted by molar-refractivity contribution is 8.00. The van der Waals surface area contributed by atoms with E-state index in [0.29, 0.717) is 0 Å². The number of alkyl halides is 6. The topological polar surface area (TPSA) is 17.1 Å². The number of halogens is 6. The van der Waals surface area contributed by atoms with Crippen LogP contribution >= 0.6 is 11.8 Å². The summed E-state index contributed by atoms with van der Waals surface area (Å²) in [7, 11) is -3.23. The van der Waals surface area contributed by atoms with Crippen LogP contribution in [0.15, 0.2) is 28.0 Å². The molecule has 1 rings (SSSR count). The molecule has 0 aliphatic rings. The minimum atomic E-state index is -4.93. The Morgan fingerprint density at radius 3 is 2.06 bits per heavy atom. The number of benzene rings is 1. The maximum Gasteiger partial charge on any atom is 0.475 e. The molecule has 1 atom stereocenters. The molecule has 0 heterocycles. The Kier molecular flexibility index (Phi) is 4.37. The number of rotatable bonds is 2. The fourth-order valence-electron chi connectivity index (χ4n) is 1.15. The predicted octanol–water partition coefficient (Wildman–Crippen LogP) is 4.23. The zero-order valence-corrected chi connectivity index (χ0v) is 10.4. The molecule has 0 fully saturated rings. The fourth-order valence-corrected chi connectivity index (χ4v) is 2.58. The molecule has 0 aliphatic carbocycles. The van der Waals surface area contributed by atoms with Crippen LogP contribution in [0.5, 0.6) is 0 Å². The summed E-state index contributed by atoms with van der Waals surface area (Å²) in [6.07, 6.45) is 0. The summed E-state index contributed by atoms with van der Waals surface area (Å²) < 4.78 is 83.8. The fraction of sp³-hybridized carbons (Fsp3) is 0.333. The van der Waals surface area contributed by atoms with E-state index in [0.717, 1.165) is 18.2 Å². The van der Waals surface area contributed by atoms with Crippen LogP contribution in [0.2, 0.25) is 0 Å². The Bertz CT molecular complexity index is 465. The van der Waals surface area contributed by atoms with E-state index < -0.39 is 38.5 Å². The lowest BCUT2D eigenvalue weighted by Crippen LogP contribution is -2.17. The van der Waals surface area contributed by atoms with Gasteiger partial charge in [0.2, 0.25) is 0 Å². The Morgan fingerprint density at radius 2 is 1.67 bits per heavy atom. The van der Waals surface area contributed by atoms with E-state index in [-0.39, 0.29) is 10.5 Å². The highest BCUT2D eigenvalue weighted by Gasteiger charge is 2.39. The van der Waals surface area contributed by atoms with Gasteiger partial charge in [-0.3, -0.25) is 0 Å². The molecule has 102 valence electrons. The first kappa shape index (κ1) is 15.4. The van der Waals surface area contributed by atoms with Gasteiger partial charge in [0.1, 0.15) is 0 Å². The Morgan fingerprint density at radius 1 is 1.11 bits per heavy atom. The van der Waals surface area contributed by atoms with E-state index in [4.69, 9.17) is 0 Å². The van der Waals surface area contributed by atoms with Crippen molar-refractivity contribution in [2.45, 2.75) is 27.7 Å². The summed E-state index contributed by atoms with van der Waals surface area (Å²) in [6.45, 7) is 1.18. The zero-order chi connectivity index (χ0) is 14.1. The average molecular weight is 308 g/mol. The maximum atomic E-state index is 12.2. The molecule has 1 nitrogen and oxygen atoms in total. The summed E-state index contributed by atoms with van der Waals surface area (Å²) >= 11 is -0.437. The molecule has 0 spiro atoms. The van der Waals surface area contributed by atoms with Gasteiger partial charge in [-0.25, -0.2) is 4.21 Å². The Labute approximate surface area is 105 Å². The molecular formula is C9H6F6OS2.